The second kappa shape index (κ2) is 12.5. The summed E-state index contributed by atoms with van der Waals surface area (Å²) in [4.78, 5) is 18.1. The van der Waals surface area contributed by atoms with E-state index in [1.807, 2.05) is 24.0 Å². The van der Waals surface area contributed by atoms with Gasteiger partial charge in [0.15, 0.2) is 17.5 Å². The topological polar surface area (TPSA) is 66.0 Å². The molecule has 1 amide bonds. The van der Waals surface area contributed by atoms with E-state index in [2.05, 4.69) is 27.8 Å². The van der Waals surface area contributed by atoms with Gasteiger partial charge in [-0.05, 0) is 36.6 Å². The van der Waals surface area contributed by atoms with Crippen LogP contribution in [0.5, 0.6) is 5.75 Å². The van der Waals surface area contributed by atoms with Gasteiger partial charge in [-0.15, -0.1) is 24.0 Å². The SMILES string of the molecule is CN=C(NCc1ccccc1CN1CCCC1=O)NCC(C)Oc1ccccc1F.I. The lowest BCUT2D eigenvalue weighted by Gasteiger charge is -2.20. The minimum absolute atomic E-state index is 0. The van der Waals surface area contributed by atoms with Gasteiger partial charge in [-0.2, -0.15) is 0 Å². The third-order valence-electron chi connectivity index (χ3n) is 5.04. The lowest BCUT2D eigenvalue weighted by atomic mass is 10.1. The van der Waals surface area contributed by atoms with Crippen molar-refractivity contribution >= 4 is 35.8 Å². The maximum atomic E-state index is 13.7. The first-order valence-electron chi connectivity index (χ1n) is 10.3. The summed E-state index contributed by atoms with van der Waals surface area (Å²) in [5.74, 6) is 0.713. The molecule has 0 aliphatic carbocycles. The second-order valence-corrected chi connectivity index (χ2v) is 7.35. The Morgan fingerprint density at radius 2 is 1.87 bits per heavy atom. The Kier molecular flexibility index (Phi) is 10.0. The van der Waals surface area contributed by atoms with E-state index in [0.717, 1.165) is 24.1 Å². The monoisotopic (exact) mass is 540 g/mol. The molecule has 31 heavy (non-hydrogen) atoms. The average Bonchev–Trinajstić information content (AvgIpc) is 3.15. The fourth-order valence-corrected chi connectivity index (χ4v) is 3.40. The van der Waals surface area contributed by atoms with Crippen molar-refractivity contribution in [3.8, 4) is 5.75 Å². The van der Waals surface area contributed by atoms with Crippen molar-refractivity contribution in [2.24, 2.45) is 4.99 Å². The summed E-state index contributed by atoms with van der Waals surface area (Å²) in [5, 5.41) is 6.50. The number of amides is 1. The normalized spacial score (nSPS) is 14.7. The van der Waals surface area contributed by atoms with Crippen LogP contribution < -0.4 is 15.4 Å². The first-order chi connectivity index (χ1) is 14.6. The number of carbonyl (C=O) groups excluding carboxylic acids is 1. The van der Waals surface area contributed by atoms with Crippen molar-refractivity contribution in [1.29, 1.82) is 0 Å². The number of ether oxygens (including phenoxy) is 1. The molecule has 2 aromatic carbocycles. The van der Waals surface area contributed by atoms with Gasteiger partial charge in [-0.1, -0.05) is 36.4 Å². The van der Waals surface area contributed by atoms with E-state index in [9.17, 15) is 9.18 Å². The number of nitrogens with one attached hydrogen (secondary N) is 2. The van der Waals surface area contributed by atoms with Crippen molar-refractivity contribution in [2.45, 2.75) is 39.0 Å². The molecule has 1 saturated heterocycles. The van der Waals surface area contributed by atoms with E-state index in [0.29, 0.717) is 32.0 Å². The first kappa shape index (κ1) is 24.9. The van der Waals surface area contributed by atoms with Gasteiger partial charge in [0.1, 0.15) is 6.10 Å². The Labute approximate surface area is 200 Å². The fraction of sp³-hybridized carbons (Fsp3) is 0.391. The van der Waals surface area contributed by atoms with Crippen molar-refractivity contribution < 1.29 is 13.9 Å². The van der Waals surface area contributed by atoms with E-state index >= 15 is 0 Å². The average molecular weight is 540 g/mol. The minimum Gasteiger partial charge on any atom is -0.486 e. The standard InChI is InChI=1S/C23H29FN4O2.HI/c1-17(30-21-11-6-5-10-20(21)24)14-26-23(25-2)27-15-18-8-3-4-9-19(18)16-28-13-7-12-22(28)29;/h3-6,8-11,17H,7,12-16H2,1-2H3,(H2,25,26,27);1H. The van der Waals surface area contributed by atoms with E-state index in [4.69, 9.17) is 4.74 Å². The molecule has 1 aliphatic rings. The third-order valence-corrected chi connectivity index (χ3v) is 5.04. The summed E-state index contributed by atoms with van der Waals surface area (Å²) in [6.07, 6.45) is 1.33. The molecule has 1 aliphatic heterocycles. The van der Waals surface area contributed by atoms with Gasteiger partial charge in [-0.3, -0.25) is 9.79 Å². The second-order valence-electron chi connectivity index (χ2n) is 7.35. The van der Waals surface area contributed by atoms with Crippen molar-refractivity contribution in [3.05, 3.63) is 65.5 Å². The van der Waals surface area contributed by atoms with Crippen LogP contribution in [0.25, 0.3) is 0 Å². The maximum absolute atomic E-state index is 13.7. The number of nitrogens with zero attached hydrogens (tertiary/aromatic N) is 2. The van der Waals surface area contributed by atoms with Crippen molar-refractivity contribution in [1.82, 2.24) is 15.5 Å². The number of para-hydroxylation sites is 1. The Balaban J connectivity index is 0.00000341. The maximum Gasteiger partial charge on any atom is 0.222 e. The minimum atomic E-state index is -0.375. The number of aliphatic imine (C=N–C) groups is 1. The predicted molar refractivity (Wildman–Crippen MR) is 131 cm³/mol. The Hall–Kier alpha value is -2.36. The van der Waals surface area contributed by atoms with Gasteiger partial charge in [0, 0.05) is 33.1 Å². The van der Waals surface area contributed by atoms with Crippen LogP contribution in [0.4, 0.5) is 4.39 Å². The van der Waals surface area contributed by atoms with Crippen LogP contribution in [0.2, 0.25) is 0 Å². The summed E-state index contributed by atoms with van der Waals surface area (Å²) < 4.78 is 19.4. The molecule has 2 aromatic rings. The zero-order valence-corrected chi connectivity index (χ0v) is 20.3. The molecule has 8 heteroatoms. The van der Waals surface area contributed by atoms with Crippen LogP contribution in [0.3, 0.4) is 0 Å². The highest BCUT2D eigenvalue weighted by Gasteiger charge is 2.20. The Morgan fingerprint density at radius 3 is 2.55 bits per heavy atom. The number of halogens is 2. The molecule has 2 N–H and O–H groups in total. The number of rotatable bonds is 8. The first-order valence-corrected chi connectivity index (χ1v) is 10.3. The van der Waals surface area contributed by atoms with E-state index in [1.165, 1.54) is 6.07 Å². The third kappa shape index (κ3) is 7.37. The van der Waals surface area contributed by atoms with Crippen LogP contribution in [0.15, 0.2) is 53.5 Å². The van der Waals surface area contributed by atoms with E-state index in [-0.39, 0.29) is 47.6 Å². The van der Waals surface area contributed by atoms with Gasteiger partial charge in [0.25, 0.3) is 0 Å². The van der Waals surface area contributed by atoms with E-state index in [1.54, 1.807) is 25.2 Å². The molecule has 168 valence electrons. The summed E-state index contributed by atoms with van der Waals surface area (Å²) in [5.41, 5.74) is 2.25. The molecule has 6 nitrogen and oxygen atoms in total. The van der Waals surface area contributed by atoms with E-state index < -0.39 is 0 Å². The van der Waals surface area contributed by atoms with Crippen LogP contribution >= 0.6 is 24.0 Å². The molecular formula is C23H30FIN4O2. The molecule has 1 heterocycles. The predicted octanol–water partition coefficient (Wildman–Crippen LogP) is 3.70. The quantitative estimate of drug-likeness (QED) is 0.305. The number of benzene rings is 2. The number of guanidine groups is 1. The number of likely N-dealkylation sites (tertiary alicyclic amines) is 1. The summed E-state index contributed by atoms with van der Waals surface area (Å²) in [7, 11) is 1.70. The highest BCUT2D eigenvalue weighted by atomic mass is 127. The zero-order valence-electron chi connectivity index (χ0n) is 17.9. The van der Waals surface area contributed by atoms with Crippen LogP contribution in [0.1, 0.15) is 30.9 Å². The number of hydrogen-bond donors (Lipinski definition) is 2. The highest BCUT2D eigenvalue weighted by molar-refractivity contribution is 14.0. The molecule has 3 rings (SSSR count). The lowest BCUT2D eigenvalue weighted by Crippen LogP contribution is -2.41. The van der Waals surface area contributed by atoms with Crippen molar-refractivity contribution in [3.63, 3.8) is 0 Å². The van der Waals surface area contributed by atoms with Crippen LogP contribution in [-0.4, -0.2) is 43.0 Å². The Bertz CT molecular complexity index is 893. The zero-order chi connectivity index (χ0) is 21.3. The smallest absolute Gasteiger partial charge is 0.222 e. The fourth-order valence-electron chi connectivity index (χ4n) is 3.40. The summed E-state index contributed by atoms with van der Waals surface area (Å²) in [6, 6.07) is 14.5. The molecule has 1 fully saturated rings. The largest absolute Gasteiger partial charge is 0.486 e. The van der Waals surface area contributed by atoms with Crippen LogP contribution in [0, 0.1) is 5.82 Å². The van der Waals surface area contributed by atoms with Gasteiger partial charge in [-0.25, -0.2) is 4.39 Å². The van der Waals surface area contributed by atoms with Crippen LogP contribution in [-0.2, 0) is 17.9 Å². The molecule has 0 bridgehead atoms. The highest BCUT2D eigenvalue weighted by Crippen LogP contribution is 2.18. The van der Waals surface area contributed by atoms with Gasteiger partial charge < -0.3 is 20.3 Å². The molecule has 0 radical (unpaired) electrons. The van der Waals surface area contributed by atoms with Gasteiger partial charge in [0.2, 0.25) is 5.91 Å². The van der Waals surface area contributed by atoms with Gasteiger partial charge in [0.05, 0.1) is 6.54 Å². The molecule has 0 spiro atoms. The Morgan fingerprint density at radius 1 is 1.16 bits per heavy atom. The molecule has 1 unspecified atom stereocenters. The van der Waals surface area contributed by atoms with Gasteiger partial charge >= 0.3 is 0 Å². The lowest BCUT2D eigenvalue weighted by molar-refractivity contribution is -0.128. The molecule has 0 aromatic heterocycles. The van der Waals surface area contributed by atoms with Crippen molar-refractivity contribution in [2.75, 3.05) is 20.1 Å². The summed E-state index contributed by atoms with van der Waals surface area (Å²) in [6.45, 7) is 4.38. The summed E-state index contributed by atoms with van der Waals surface area (Å²) >= 11 is 0. The molecule has 1 atom stereocenters. The molecular weight excluding hydrogens is 510 g/mol. The number of carbonyl (C=O) groups is 1. The number of hydrogen-bond acceptors (Lipinski definition) is 3. The molecule has 0 saturated carbocycles.